The highest BCUT2D eigenvalue weighted by Crippen LogP contribution is 2.28. The molecular formula is C16H23Cl2N3. The molecule has 2 rings (SSSR count). The molecular weight excluding hydrogens is 305 g/mol. The van der Waals surface area contributed by atoms with E-state index in [2.05, 4.69) is 28.9 Å². The summed E-state index contributed by atoms with van der Waals surface area (Å²) in [5, 5.41) is 12.7. The van der Waals surface area contributed by atoms with Crippen LogP contribution in [0.15, 0.2) is 36.9 Å². The summed E-state index contributed by atoms with van der Waals surface area (Å²) in [7, 11) is 0. The van der Waals surface area contributed by atoms with E-state index < -0.39 is 0 Å². The fourth-order valence-electron chi connectivity index (χ4n) is 2.69. The molecule has 1 atom stereocenters. The predicted octanol–water partition coefficient (Wildman–Crippen LogP) is 3.31. The minimum absolute atomic E-state index is 0. The van der Waals surface area contributed by atoms with Crippen molar-refractivity contribution in [3.8, 4) is 6.07 Å². The number of hydrogen-bond acceptors (Lipinski definition) is 3. The van der Waals surface area contributed by atoms with Gasteiger partial charge in [-0.05, 0) is 24.5 Å². The molecule has 3 nitrogen and oxygen atoms in total. The summed E-state index contributed by atoms with van der Waals surface area (Å²) in [6.07, 6.45) is 3.97. The topological polar surface area (TPSA) is 39.1 Å². The van der Waals surface area contributed by atoms with E-state index in [1.165, 1.54) is 0 Å². The summed E-state index contributed by atoms with van der Waals surface area (Å²) in [6.45, 7) is 7.96. The van der Waals surface area contributed by atoms with E-state index in [0.29, 0.717) is 6.04 Å². The largest absolute Gasteiger partial charge is 0.314 e. The van der Waals surface area contributed by atoms with Gasteiger partial charge in [-0.3, -0.25) is 4.90 Å². The zero-order valence-corrected chi connectivity index (χ0v) is 13.8. The maximum absolute atomic E-state index is 9.29. The van der Waals surface area contributed by atoms with E-state index in [1.807, 2.05) is 24.3 Å². The van der Waals surface area contributed by atoms with E-state index in [0.717, 1.165) is 50.1 Å². The molecule has 1 fully saturated rings. The van der Waals surface area contributed by atoms with Crippen LogP contribution in [0.2, 0.25) is 0 Å². The quantitative estimate of drug-likeness (QED) is 0.843. The Morgan fingerprint density at radius 1 is 1.29 bits per heavy atom. The van der Waals surface area contributed by atoms with Gasteiger partial charge in [-0.2, -0.15) is 5.26 Å². The highest BCUT2D eigenvalue weighted by atomic mass is 35.5. The number of nitrogens with one attached hydrogen (secondary N) is 1. The van der Waals surface area contributed by atoms with E-state index in [4.69, 9.17) is 0 Å². The van der Waals surface area contributed by atoms with Gasteiger partial charge in [0.15, 0.2) is 0 Å². The summed E-state index contributed by atoms with van der Waals surface area (Å²) in [4.78, 5) is 2.48. The zero-order chi connectivity index (χ0) is 13.5. The summed E-state index contributed by atoms with van der Waals surface area (Å²) in [5.41, 5.74) is 1.96. The first-order valence-corrected chi connectivity index (χ1v) is 6.91. The molecule has 1 saturated heterocycles. The first-order chi connectivity index (χ1) is 9.36. The van der Waals surface area contributed by atoms with Crippen molar-refractivity contribution in [2.45, 2.75) is 18.9 Å². The predicted molar refractivity (Wildman–Crippen MR) is 92.3 cm³/mol. The molecule has 1 heterocycles. The van der Waals surface area contributed by atoms with Crippen LogP contribution in [0.1, 0.15) is 30.0 Å². The SMILES string of the molecule is C=CCC[C@@H](c1ccccc1C#N)N1CCNCC1.Cl.Cl. The number of rotatable bonds is 5. The van der Waals surface area contributed by atoms with Crippen molar-refractivity contribution in [1.29, 1.82) is 5.26 Å². The number of nitriles is 1. The molecule has 0 saturated carbocycles. The average Bonchev–Trinajstić information content (AvgIpc) is 2.49. The van der Waals surface area contributed by atoms with Crippen molar-refractivity contribution in [3.05, 3.63) is 48.0 Å². The summed E-state index contributed by atoms with van der Waals surface area (Å²) >= 11 is 0. The lowest BCUT2D eigenvalue weighted by atomic mass is 9.95. The van der Waals surface area contributed by atoms with Crippen LogP contribution in [0.4, 0.5) is 0 Å². The van der Waals surface area contributed by atoms with Crippen LogP contribution in [0.5, 0.6) is 0 Å². The van der Waals surface area contributed by atoms with E-state index >= 15 is 0 Å². The van der Waals surface area contributed by atoms with Crippen LogP contribution in [0.3, 0.4) is 0 Å². The molecule has 0 spiro atoms. The second-order valence-electron chi connectivity index (χ2n) is 4.87. The van der Waals surface area contributed by atoms with Crippen molar-refractivity contribution >= 4 is 24.8 Å². The van der Waals surface area contributed by atoms with Crippen LogP contribution in [-0.4, -0.2) is 31.1 Å². The van der Waals surface area contributed by atoms with Crippen LogP contribution in [0.25, 0.3) is 0 Å². The second-order valence-corrected chi connectivity index (χ2v) is 4.87. The van der Waals surface area contributed by atoms with Crippen LogP contribution in [0, 0.1) is 11.3 Å². The van der Waals surface area contributed by atoms with Gasteiger partial charge in [0.25, 0.3) is 0 Å². The van der Waals surface area contributed by atoms with E-state index in [9.17, 15) is 5.26 Å². The molecule has 5 heteroatoms. The van der Waals surface area contributed by atoms with E-state index in [1.54, 1.807) is 0 Å². The molecule has 1 aliphatic rings. The van der Waals surface area contributed by atoms with Gasteiger partial charge < -0.3 is 5.32 Å². The summed E-state index contributed by atoms with van der Waals surface area (Å²) in [5.74, 6) is 0. The zero-order valence-electron chi connectivity index (χ0n) is 12.1. The van der Waals surface area contributed by atoms with Crippen LogP contribution < -0.4 is 5.32 Å². The lowest BCUT2D eigenvalue weighted by Gasteiger charge is -2.35. The standard InChI is InChI=1S/C16H21N3.2ClH/c1-2-3-8-16(19-11-9-18-10-12-19)15-7-5-4-6-14(15)13-17;;/h2,4-7,16,18H,1,3,8-12H2;2*1H/t16-;;/m0../s1. The monoisotopic (exact) mass is 327 g/mol. The van der Waals surface area contributed by atoms with Crippen molar-refractivity contribution < 1.29 is 0 Å². The minimum atomic E-state index is 0. The number of benzene rings is 1. The highest BCUT2D eigenvalue weighted by Gasteiger charge is 2.23. The third-order valence-electron chi connectivity index (χ3n) is 3.68. The molecule has 0 aliphatic carbocycles. The van der Waals surface area contributed by atoms with Crippen molar-refractivity contribution in [2.24, 2.45) is 0 Å². The van der Waals surface area contributed by atoms with Gasteiger partial charge in [-0.1, -0.05) is 24.3 Å². The number of halogens is 2. The number of hydrogen-bond donors (Lipinski definition) is 1. The minimum Gasteiger partial charge on any atom is -0.314 e. The fraction of sp³-hybridized carbons (Fsp3) is 0.438. The fourth-order valence-corrected chi connectivity index (χ4v) is 2.69. The Morgan fingerprint density at radius 2 is 1.95 bits per heavy atom. The van der Waals surface area contributed by atoms with Crippen LogP contribution in [-0.2, 0) is 0 Å². The maximum atomic E-state index is 9.29. The molecule has 1 aromatic rings. The lowest BCUT2D eigenvalue weighted by molar-refractivity contribution is 0.166. The van der Waals surface area contributed by atoms with E-state index in [-0.39, 0.29) is 24.8 Å². The van der Waals surface area contributed by atoms with Gasteiger partial charge in [0.05, 0.1) is 11.6 Å². The molecule has 116 valence electrons. The van der Waals surface area contributed by atoms with Gasteiger partial charge in [0.2, 0.25) is 0 Å². The molecule has 0 bridgehead atoms. The lowest BCUT2D eigenvalue weighted by Crippen LogP contribution is -2.45. The van der Waals surface area contributed by atoms with Gasteiger partial charge >= 0.3 is 0 Å². The first-order valence-electron chi connectivity index (χ1n) is 6.91. The molecule has 1 aromatic carbocycles. The van der Waals surface area contributed by atoms with Gasteiger partial charge in [-0.15, -0.1) is 31.4 Å². The van der Waals surface area contributed by atoms with Gasteiger partial charge in [0.1, 0.15) is 0 Å². The average molecular weight is 328 g/mol. The van der Waals surface area contributed by atoms with Gasteiger partial charge in [0, 0.05) is 32.2 Å². The first kappa shape index (κ1) is 19.9. The molecule has 0 radical (unpaired) electrons. The Hall–Kier alpha value is -1.05. The smallest absolute Gasteiger partial charge is 0.0995 e. The molecule has 0 aromatic heterocycles. The molecule has 0 unspecified atom stereocenters. The second kappa shape index (κ2) is 10.6. The number of allylic oxidation sites excluding steroid dienone is 1. The third kappa shape index (κ3) is 5.33. The van der Waals surface area contributed by atoms with Crippen molar-refractivity contribution in [3.63, 3.8) is 0 Å². The molecule has 21 heavy (non-hydrogen) atoms. The third-order valence-corrected chi connectivity index (χ3v) is 3.68. The normalized spacial score (nSPS) is 16.0. The summed E-state index contributed by atoms with van der Waals surface area (Å²) in [6, 6.07) is 10.6. The Kier molecular flexibility index (Phi) is 10.1. The molecule has 1 aliphatic heterocycles. The molecule has 1 N–H and O–H groups in total. The van der Waals surface area contributed by atoms with Gasteiger partial charge in [-0.25, -0.2) is 0 Å². The Bertz CT molecular complexity index is 465. The summed E-state index contributed by atoms with van der Waals surface area (Å²) < 4.78 is 0. The molecule has 0 amide bonds. The Morgan fingerprint density at radius 3 is 2.57 bits per heavy atom. The number of piperazine rings is 1. The Balaban J connectivity index is 0.00000200. The maximum Gasteiger partial charge on any atom is 0.0995 e. The van der Waals surface area contributed by atoms with Crippen LogP contribution >= 0.6 is 24.8 Å². The Labute approximate surface area is 139 Å². The van der Waals surface area contributed by atoms with Crippen molar-refractivity contribution in [2.75, 3.05) is 26.2 Å². The number of nitrogens with zero attached hydrogens (tertiary/aromatic N) is 2. The highest BCUT2D eigenvalue weighted by molar-refractivity contribution is 5.85. The van der Waals surface area contributed by atoms with Crippen molar-refractivity contribution in [1.82, 2.24) is 10.2 Å².